The fourth-order valence-electron chi connectivity index (χ4n) is 1.04. The van der Waals surface area contributed by atoms with Crippen molar-refractivity contribution in [2.75, 3.05) is 0 Å². The summed E-state index contributed by atoms with van der Waals surface area (Å²) in [6.45, 7) is 0. The molecule has 0 saturated carbocycles. The van der Waals surface area contributed by atoms with E-state index in [2.05, 4.69) is 38.5 Å². The van der Waals surface area contributed by atoms with Gasteiger partial charge < -0.3 is 0 Å². The molecule has 0 saturated heterocycles. The monoisotopic (exact) mass is 264 g/mol. The third kappa shape index (κ3) is 2.98. The molecule has 0 radical (unpaired) electrons. The van der Waals surface area contributed by atoms with Crippen LogP contribution < -0.4 is 0 Å². The SMILES string of the molecule is ISC#CC1=CCCCC1. The topological polar surface area (TPSA) is 0 Å². The van der Waals surface area contributed by atoms with Crippen LogP contribution in [0.25, 0.3) is 0 Å². The number of hydrogen-bond acceptors (Lipinski definition) is 1. The molecule has 0 N–H and O–H groups in total. The molecule has 0 amide bonds. The number of halogens is 1. The van der Waals surface area contributed by atoms with Crippen molar-refractivity contribution in [1.82, 2.24) is 0 Å². The number of allylic oxidation sites excluding steroid dienone is 2. The fourth-order valence-corrected chi connectivity index (χ4v) is 1.54. The molecule has 0 aliphatic heterocycles. The Morgan fingerprint density at radius 2 is 2.40 bits per heavy atom. The first-order chi connectivity index (χ1) is 4.93. The average molecular weight is 264 g/mol. The van der Waals surface area contributed by atoms with Crippen LogP contribution in [-0.2, 0) is 0 Å². The highest BCUT2D eigenvalue weighted by Crippen LogP contribution is 2.17. The Labute approximate surface area is 78.4 Å². The lowest BCUT2D eigenvalue weighted by Gasteiger charge is -2.05. The highest BCUT2D eigenvalue weighted by Gasteiger charge is 1.98. The highest BCUT2D eigenvalue weighted by atomic mass is 127. The average Bonchev–Trinajstić information content (AvgIpc) is 2.03. The molecule has 0 spiro atoms. The van der Waals surface area contributed by atoms with Gasteiger partial charge in [0.15, 0.2) is 0 Å². The van der Waals surface area contributed by atoms with Gasteiger partial charge in [0.2, 0.25) is 0 Å². The zero-order chi connectivity index (χ0) is 7.23. The van der Waals surface area contributed by atoms with Crippen LogP contribution >= 0.6 is 30.1 Å². The van der Waals surface area contributed by atoms with Crippen LogP contribution in [0.1, 0.15) is 25.7 Å². The molecule has 1 rings (SSSR count). The van der Waals surface area contributed by atoms with Gasteiger partial charge in [-0.3, -0.25) is 0 Å². The summed E-state index contributed by atoms with van der Waals surface area (Å²) < 4.78 is 0. The maximum Gasteiger partial charge on any atom is 0.0109 e. The molecule has 0 bridgehead atoms. The summed E-state index contributed by atoms with van der Waals surface area (Å²) in [4.78, 5) is 0. The van der Waals surface area contributed by atoms with E-state index in [-0.39, 0.29) is 0 Å². The molecule has 54 valence electrons. The maximum atomic E-state index is 3.14. The Hall–Kier alpha value is 0.380. The lowest BCUT2D eigenvalue weighted by atomic mass is 10.0. The number of rotatable bonds is 0. The zero-order valence-electron chi connectivity index (χ0n) is 5.69. The van der Waals surface area contributed by atoms with Gasteiger partial charge in [0.05, 0.1) is 0 Å². The molecule has 0 aromatic heterocycles. The van der Waals surface area contributed by atoms with Crippen molar-refractivity contribution >= 4 is 30.1 Å². The Morgan fingerprint density at radius 3 is 3.00 bits per heavy atom. The van der Waals surface area contributed by atoms with Crippen LogP contribution in [-0.4, -0.2) is 0 Å². The van der Waals surface area contributed by atoms with Crippen molar-refractivity contribution in [3.8, 4) is 11.2 Å². The molecular weight excluding hydrogens is 255 g/mol. The molecule has 0 atom stereocenters. The predicted octanol–water partition coefficient (Wildman–Crippen LogP) is 3.53. The Morgan fingerprint density at radius 1 is 1.50 bits per heavy atom. The minimum Gasteiger partial charge on any atom is -0.0729 e. The van der Waals surface area contributed by atoms with Crippen molar-refractivity contribution < 1.29 is 0 Å². The van der Waals surface area contributed by atoms with Crippen molar-refractivity contribution in [1.29, 1.82) is 0 Å². The van der Waals surface area contributed by atoms with Gasteiger partial charge in [-0.25, -0.2) is 0 Å². The molecule has 1 aliphatic carbocycles. The zero-order valence-corrected chi connectivity index (χ0v) is 8.67. The first-order valence-electron chi connectivity index (χ1n) is 3.41. The van der Waals surface area contributed by atoms with E-state index in [1.165, 1.54) is 31.3 Å². The van der Waals surface area contributed by atoms with E-state index in [0.717, 1.165) is 0 Å². The second kappa shape index (κ2) is 5.09. The summed E-state index contributed by atoms with van der Waals surface area (Å²) in [6.07, 6.45) is 7.37. The van der Waals surface area contributed by atoms with Crippen LogP contribution in [0.4, 0.5) is 0 Å². The lowest BCUT2D eigenvalue weighted by Crippen LogP contribution is -1.87. The summed E-state index contributed by atoms with van der Waals surface area (Å²) in [6, 6.07) is 0. The van der Waals surface area contributed by atoms with Gasteiger partial charge in [0.25, 0.3) is 0 Å². The Bertz CT molecular complexity index is 185. The first kappa shape index (κ1) is 8.48. The van der Waals surface area contributed by atoms with E-state index < -0.39 is 0 Å². The predicted molar refractivity (Wildman–Crippen MR) is 55.9 cm³/mol. The van der Waals surface area contributed by atoms with Crippen molar-refractivity contribution in [3.63, 3.8) is 0 Å². The molecule has 10 heavy (non-hydrogen) atoms. The van der Waals surface area contributed by atoms with Gasteiger partial charge in [-0.1, -0.05) is 12.0 Å². The standard InChI is InChI=1S/C8H9IS/c9-10-7-6-8-4-2-1-3-5-8/h4H,1-3,5H2. The van der Waals surface area contributed by atoms with Crippen LogP contribution in [0, 0.1) is 11.2 Å². The van der Waals surface area contributed by atoms with E-state index in [9.17, 15) is 0 Å². The van der Waals surface area contributed by atoms with E-state index in [1.54, 1.807) is 8.93 Å². The lowest BCUT2D eigenvalue weighted by molar-refractivity contribution is 0.715. The quantitative estimate of drug-likeness (QED) is 0.476. The Balaban J connectivity index is 2.46. The normalized spacial score (nSPS) is 17.1. The fraction of sp³-hybridized carbons (Fsp3) is 0.500. The summed E-state index contributed by atoms with van der Waals surface area (Å²) in [7, 11) is 1.56. The van der Waals surface area contributed by atoms with Crippen molar-refractivity contribution in [3.05, 3.63) is 11.6 Å². The molecule has 0 aromatic carbocycles. The number of hydrogen-bond donors (Lipinski definition) is 0. The Kier molecular flexibility index (Phi) is 4.31. The molecule has 0 heterocycles. The van der Waals surface area contributed by atoms with E-state index in [0.29, 0.717) is 0 Å². The third-order valence-electron chi connectivity index (χ3n) is 1.54. The minimum atomic E-state index is 1.20. The van der Waals surface area contributed by atoms with Gasteiger partial charge in [-0.2, -0.15) is 0 Å². The van der Waals surface area contributed by atoms with Crippen LogP contribution in [0.3, 0.4) is 0 Å². The van der Waals surface area contributed by atoms with Gasteiger partial charge >= 0.3 is 0 Å². The minimum absolute atomic E-state index is 1.20. The highest BCUT2D eigenvalue weighted by molar-refractivity contribution is 14.2. The molecular formula is C8H9IS. The van der Waals surface area contributed by atoms with Gasteiger partial charge in [0.1, 0.15) is 0 Å². The molecule has 1 aliphatic rings. The summed E-state index contributed by atoms with van der Waals surface area (Å²) >= 11 is 2.20. The second-order valence-electron chi connectivity index (χ2n) is 2.28. The van der Waals surface area contributed by atoms with Crippen molar-refractivity contribution in [2.24, 2.45) is 0 Å². The summed E-state index contributed by atoms with van der Waals surface area (Å²) in [5, 5.41) is 3.00. The van der Waals surface area contributed by atoms with Gasteiger partial charge in [-0.05, 0) is 45.4 Å². The van der Waals surface area contributed by atoms with Crippen LogP contribution in [0.5, 0.6) is 0 Å². The van der Waals surface area contributed by atoms with E-state index >= 15 is 0 Å². The van der Waals surface area contributed by atoms with E-state index in [4.69, 9.17) is 0 Å². The molecule has 0 nitrogen and oxygen atoms in total. The maximum absolute atomic E-state index is 3.14. The third-order valence-corrected chi connectivity index (χ3v) is 2.38. The second-order valence-corrected chi connectivity index (χ2v) is 3.96. The van der Waals surface area contributed by atoms with Gasteiger partial charge in [-0.15, -0.1) is 0 Å². The largest absolute Gasteiger partial charge is 0.0729 e. The van der Waals surface area contributed by atoms with Gasteiger partial charge in [0, 0.05) is 21.2 Å². The summed E-state index contributed by atoms with van der Waals surface area (Å²) in [5.74, 6) is 3.14. The first-order valence-corrected chi connectivity index (χ1v) is 6.77. The molecule has 0 unspecified atom stereocenters. The molecule has 0 fully saturated rings. The molecule has 0 aromatic rings. The van der Waals surface area contributed by atoms with Crippen molar-refractivity contribution in [2.45, 2.75) is 25.7 Å². The van der Waals surface area contributed by atoms with Crippen LogP contribution in [0.2, 0.25) is 0 Å². The van der Waals surface area contributed by atoms with E-state index in [1.807, 2.05) is 0 Å². The smallest absolute Gasteiger partial charge is 0.0109 e. The summed E-state index contributed by atoms with van der Waals surface area (Å²) in [5.41, 5.74) is 1.34. The van der Waals surface area contributed by atoms with Crippen LogP contribution in [0.15, 0.2) is 11.6 Å². The molecule has 2 heteroatoms.